The van der Waals surface area contributed by atoms with Crippen molar-refractivity contribution in [1.29, 1.82) is 0 Å². The van der Waals surface area contributed by atoms with Crippen LogP contribution in [0.5, 0.6) is 0 Å². The number of nitrogens with one attached hydrogen (secondary N) is 1. The van der Waals surface area contributed by atoms with E-state index in [0.717, 1.165) is 11.3 Å². The van der Waals surface area contributed by atoms with Crippen LogP contribution in [0.2, 0.25) is 0 Å². The summed E-state index contributed by atoms with van der Waals surface area (Å²) in [6.45, 7) is 0.625. The van der Waals surface area contributed by atoms with E-state index in [0.29, 0.717) is 19.4 Å². The van der Waals surface area contributed by atoms with Gasteiger partial charge in [-0.1, -0.05) is 0 Å². The lowest BCUT2D eigenvalue weighted by Gasteiger charge is -2.06. The number of alkyl halides is 1. The molecule has 2 rings (SSSR count). The molecule has 0 bridgehead atoms. The molecule has 1 atom stereocenters. The maximum Gasteiger partial charge on any atom is 0.123 e. The van der Waals surface area contributed by atoms with Crippen molar-refractivity contribution in [3.05, 3.63) is 29.6 Å². The van der Waals surface area contributed by atoms with Crippen molar-refractivity contribution in [3.8, 4) is 0 Å². The second-order valence-corrected chi connectivity index (χ2v) is 3.32. The highest BCUT2D eigenvalue weighted by Crippen LogP contribution is 2.23. The zero-order valence-electron chi connectivity index (χ0n) is 7.19. The average molecular weight is 183 g/mol. The zero-order valence-corrected chi connectivity index (χ0v) is 7.19. The van der Waals surface area contributed by atoms with Crippen LogP contribution in [-0.4, -0.2) is 12.7 Å². The van der Waals surface area contributed by atoms with Crippen molar-refractivity contribution in [2.24, 2.45) is 0 Å². The summed E-state index contributed by atoms with van der Waals surface area (Å²) in [6, 6.07) is 4.47. The van der Waals surface area contributed by atoms with Crippen LogP contribution in [0.3, 0.4) is 0 Å². The Morgan fingerprint density at radius 2 is 2.23 bits per heavy atom. The Labute approximate surface area is 75.8 Å². The third kappa shape index (κ3) is 1.79. The van der Waals surface area contributed by atoms with Gasteiger partial charge in [-0.25, -0.2) is 8.78 Å². The summed E-state index contributed by atoms with van der Waals surface area (Å²) in [5.41, 5.74) is 1.60. The molecule has 0 saturated heterocycles. The first-order valence-corrected chi connectivity index (χ1v) is 4.42. The summed E-state index contributed by atoms with van der Waals surface area (Å²) < 4.78 is 25.9. The van der Waals surface area contributed by atoms with Crippen molar-refractivity contribution in [2.75, 3.05) is 11.9 Å². The molecule has 1 aromatic carbocycles. The first kappa shape index (κ1) is 8.48. The summed E-state index contributed by atoms with van der Waals surface area (Å²) in [5, 5.41) is 3.08. The Morgan fingerprint density at radius 3 is 3.08 bits per heavy atom. The lowest BCUT2D eigenvalue weighted by Crippen LogP contribution is -2.05. The van der Waals surface area contributed by atoms with E-state index in [-0.39, 0.29) is 5.82 Å². The van der Waals surface area contributed by atoms with Gasteiger partial charge in [0.2, 0.25) is 0 Å². The van der Waals surface area contributed by atoms with Crippen LogP contribution in [0, 0.1) is 5.82 Å². The molecule has 0 fully saturated rings. The van der Waals surface area contributed by atoms with Gasteiger partial charge in [-0.15, -0.1) is 0 Å². The van der Waals surface area contributed by atoms with Crippen LogP contribution in [0.1, 0.15) is 12.0 Å². The summed E-state index contributed by atoms with van der Waals surface area (Å²) >= 11 is 0. The Bertz CT molecular complexity index is 312. The first-order chi connectivity index (χ1) is 6.25. The van der Waals surface area contributed by atoms with Crippen molar-refractivity contribution in [2.45, 2.75) is 19.0 Å². The standard InChI is InChI=1S/C10H11F2N/c11-8-1-2-10-7(5-8)6-9(12)3-4-13-10/h1-2,5,9,13H,3-4,6H2. The summed E-state index contributed by atoms with van der Waals surface area (Å²) in [4.78, 5) is 0. The van der Waals surface area contributed by atoms with E-state index in [9.17, 15) is 8.78 Å². The number of fused-ring (bicyclic) bond motifs is 1. The maximum absolute atomic E-state index is 13.1. The number of hydrogen-bond acceptors (Lipinski definition) is 1. The topological polar surface area (TPSA) is 12.0 Å². The molecule has 0 amide bonds. The number of halogens is 2. The molecule has 0 saturated carbocycles. The SMILES string of the molecule is Fc1ccc2c(c1)CC(F)CCN2. The van der Waals surface area contributed by atoms with E-state index in [1.807, 2.05) is 0 Å². The van der Waals surface area contributed by atoms with Crippen LogP contribution < -0.4 is 5.32 Å². The van der Waals surface area contributed by atoms with Gasteiger partial charge in [-0.05, 0) is 30.2 Å². The van der Waals surface area contributed by atoms with E-state index in [2.05, 4.69) is 5.32 Å². The average Bonchev–Trinajstić information content (AvgIpc) is 2.25. The largest absolute Gasteiger partial charge is 0.385 e. The van der Waals surface area contributed by atoms with E-state index < -0.39 is 6.17 Å². The van der Waals surface area contributed by atoms with Crippen molar-refractivity contribution >= 4 is 5.69 Å². The lowest BCUT2D eigenvalue weighted by molar-refractivity contribution is 0.322. The molecule has 0 radical (unpaired) electrons. The molecule has 0 aromatic heterocycles. The predicted octanol–water partition coefficient (Wildman–Crippen LogP) is 2.52. The normalized spacial score (nSPS) is 21.5. The van der Waals surface area contributed by atoms with Gasteiger partial charge in [0.25, 0.3) is 0 Å². The Balaban J connectivity index is 2.35. The summed E-state index contributed by atoms with van der Waals surface area (Å²) in [6.07, 6.45) is -0.0355. The third-order valence-corrected chi connectivity index (χ3v) is 2.28. The van der Waals surface area contributed by atoms with E-state index in [1.165, 1.54) is 12.1 Å². The number of hydrogen-bond donors (Lipinski definition) is 1. The highest BCUT2D eigenvalue weighted by molar-refractivity contribution is 5.52. The number of anilines is 1. The van der Waals surface area contributed by atoms with E-state index in [4.69, 9.17) is 0 Å². The summed E-state index contributed by atoms with van der Waals surface area (Å²) in [7, 11) is 0. The molecular weight excluding hydrogens is 172 g/mol. The van der Waals surface area contributed by atoms with Gasteiger partial charge < -0.3 is 5.32 Å². The number of benzene rings is 1. The van der Waals surface area contributed by atoms with Crippen molar-refractivity contribution < 1.29 is 8.78 Å². The molecule has 1 nitrogen and oxygen atoms in total. The van der Waals surface area contributed by atoms with Crippen molar-refractivity contribution in [1.82, 2.24) is 0 Å². The van der Waals surface area contributed by atoms with Crippen LogP contribution in [0.4, 0.5) is 14.5 Å². The lowest BCUT2D eigenvalue weighted by atomic mass is 10.1. The molecule has 70 valence electrons. The van der Waals surface area contributed by atoms with Crippen LogP contribution >= 0.6 is 0 Å². The fraction of sp³-hybridized carbons (Fsp3) is 0.400. The van der Waals surface area contributed by atoms with Gasteiger partial charge in [0.1, 0.15) is 12.0 Å². The van der Waals surface area contributed by atoms with E-state index >= 15 is 0 Å². The smallest absolute Gasteiger partial charge is 0.123 e. The summed E-state index contributed by atoms with van der Waals surface area (Å²) in [5.74, 6) is -0.297. The predicted molar refractivity (Wildman–Crippen MR) is 48.1 cm³/mol. The van der Waals surface area contributed by atoms with Gasteiger partial charge in [0.05, 0.1) is 0 Å². The van der Waals surface area contributed by atoms with Crippen LogP contribution in [-0.2, 0) is 6.42 Å². The Morgan fingerprint density at radius 1 is 1.38 bits per heavy atom. The number of rotatable bonds is 0. The molecule has 1 N–H and O–H groups in total. The quantitative estimate of drug-likeness (QED) is 0.651. The highest BCUT2D eigenvalue weighted by atomic mass is 19.1. The second-order valence-electron chi connectivity index (χ2n) is 3.32. The third-order valence-electron chi connectivity index (χ3n) is 2.28. The van der Waals surface area contributed by atoms with Gasteiger partial charge in [-0.3, -0.25) is 0 Å². The Hall–Kier alpha value is -1.12. The van der Waals surface area contributed by atoms with Gasteiger partial charge in [0.15, 0.2) is 0 Å². The molecule has 1 aliphatic rings. The van der Waals surface area contributed by atoms with Crippen molar-refractivity contribution in [3.63, 3.8) is 0 Å². The van der Waals surface area contributed by atoms with Gasteiger partial charge in [0, 0.05) is 18.7 Å². The molecular formula is C10H11F2N. The molecule has 0 aliphatic carbocycles. The maximum atomic E-state index is 13.1. The second kappa shape index (κ2) is 3.32. The minimum atomic E-state index is -0.851. The fourth-order valence-corrected chi connectivity index (χ4v) is 1.61. The molecule has 0 spiro atoms. The fourth-order valence-electron chi connectivity index (χ4n) is 1.61. The first-order valence-electron chi connectivity index (χ1n) is 4.42. The van der Waals surface area contributed by atoms with Crippen LogP contribution in [0.15, 0.2) is 18.2 Å². The molecule has 1 aromatic rings. The molecule has 1 heterocycles. The minimum Gasteiger partial charge on any atom is -0.385 e. The van der Waals surface area contributed by atoms with Crippen LogP contribution in [0.25, 0.3) is 0 Å². The molecule has 1 unspecified atom stereocenters. The van der Waals surface area contributed by atoms with Gasteiger partial charge in [-0.2, -0.15) is 0 Å². The minimum absolute atomic E-state index is 0.297. The monoisotopic (exact) mass is 183 g/mol. The molecule has 3 heteroatoms. The highest BCUT2D eigenvalue weighted by Gasteiger charge is 2.15. The van der Waals surface area contributed by atoms with Gasteiger partial charge >= 0.3 is 0 Å². The zero-order chi connectivity index (χ0) is 9.26. The Kier molecular flexibility index (Phi) is 2.17. The molecule has 13 heavy (non-hydrogen) atoms. The molecule has 1 aliphatic heterocycles. The van der Waals surface area contributed by atoms with E-state index in [1.54, 1.807) is 6.07 Å².